The Labute approximate surface area is 131 Å². The van der Waals surface area contributed by atoms with Crippen molar-refractivity contribution in [3.8, 4) is 0 Å². The molecule has 0 aromatic heterocycles. The Hall–Kier alpha value is -0.832. The molecule has 0 atom stereocenters. The van der Waals surface area contributed by atoms with Gasteiger partial charge in [-0.25, -0.2) is 0 Å². The second kappa shape index (κ2) is 7.26. The predicted molar refractivity (Wildman–Crippen MR) is 74.2 cm³/mol. The molecule has 0 saturated heterocycles. The fourth-order valence-corrected chi connectivity index (χ4v) is 1.91. The predicted octanol–water partition coefficient (Wildman–Crippen LogP) is 2.04. The van der Waals surface area contributed by atoms with Gasteiger partial charge in [-0.15, -0.1) is 0 Å². The van der Waals surface area contributed by atoms with E-state index in [1.165, 1.54) is 0 Å². The minimum atomic E-state index is -1.40. The minimum absolute atomic E-state index is 0.165. The SMILES string of the molecule is CC(C)(C)OC(=O)C(C(=[N-])C[CH]=[W])C(=O)OC(C)(C)C. The molecule has 6 heteroatoms. The van der Waals surface area contributed by atoms with Gasteiger partial charge in [0, 0.05) is 0 Å². The van der Waals surface area contributed by atoms with Crippen molar-refractivity contribution in [1.82, 2.24) is 0 Å². The zero-order valence-electron chi connectivity index (χ0n) is 12.9. The van der Waals surface area contributed by atoms with Crippen LogP contribution >= 0.6 is 0 Å². The number of rotatable bonds is 5. The summed E-state index contributed by atoms with van der Waals surface area (Å²) in [6.07, 6.45) is 0.165. The molecule has 20 heavy (non-hydrogen) atoms. The molecule has 0 unspecified atom stereocenters. The molecule has 0 saturated carbocycles. The fourth-order valence-electron chi connectivity index (χ4n) is 1.29. The summed E-state index contributed by atoms with van der Waals surface area (Å²) in [5, 5.41) is 9.94. The Balaban J connectivity index is 5.18. The van der Waals surface area contributed by atoms with Crippen LogP contribution in [0, 0.1) is 5.92 Å². The van der Waals surface area contributed by atoms with E-state index in [9.17, 15) is 15.0 Å². The zero-order valence-corrected chi connectivity index (χ0v) is 15.8. The van der Waals surface area contributed by atoms with Crippen LogP contribution in [-0.4, -0.2) is 33.3 Å². The van der Waals surface area contributed by atoms with E-state index in [4.69, 9.17) is 9.47 Å². The Morgan fingerprint density at radius 3 is 1.65 bits per heavy atom. The average molecular weight is 452 g/mol. The Morgan fingerprint density at radius 1 is 1.05 bits per heavy atom. The van der Waals surface area contributed by atoms with Crippen LogP contribution in [0.2, 0.25) is 0 Å². The number of hydrogen-bond donors (Lipinski definition) is 0. The third-order valence-electron chi connectivity index (χ3n) is 1.91. The molecule has 0 fully saturated rings. The molecule has 0 aliphatic rings. The van der Waals surface area contributed by atoms with E-state index in [2.05, 4.69) is 0 Å². The van der Waals surface area contributed by atoms with Gasteiger partial charge < -0.3 is 0 Å². The molecule has 0 aromatic carbocycles. The second-order valence-electron chi connectivity index (χ2n) is 6.36. The van der Waals surface area contributed by atoms with Gasteiger partial charge in [0.15, 0.2) is 0 Å². The van der Waals surface area contributed by atoms with E-state index >= 15 is 0 Å². The van der Waals surface area contributed by atoms with E-state index in [-0.39, 0.29) is 12.1 Å². The molecule has 0 rings (SSSR count). The summed E-state index contributed by atoms with van der Waals surface area (Å²) in [5.74, 6) is -2.98. The number of nitrogens with zero attached hydrogens (tertiary/aromatic N) is 1. The van der Waals surface area contributed by atoms with Gasteiger partial charge in [0.1, 0.15) is 0 Å². The maximum atomic E-state index is 12.1. The van der Waals surface area contributed by atoms with Crippen molar-refractivity contribution in [3.05, 3.63) is 5.41 Å². The van der Waals surface area contributed by atoms with Crippen LogP contribution in [0.4, 0.5) is 0 Å². The maximum absolute atomic E-state index is 12.1. The average Bonchev–Trinajstić information content (AvgIpc) is 2.11. The summed E-state index contributed by atoms with van der Waals surface area (Å²) in [4.78, 5) is 24.2. The molecule has 0 N–H and O–H groups in total. The van der Waals surface area contributed by atoms with Crippen molar-refractivity contribution in [3.63, 3.8) is 0 Å². The molecule has 0 spiro atoms. The van der Waals surface area contributed by atoms with E-state index in [1.54, 1.807) is 45.9 Å². The van der Waals surface area contributed by atoms with Crippen LogP contribution in [0.15, 0.2) is 0 Å². The van der Waals surface area contributed by atoms with Crippen LogP contribution in [0.3, 0.4) is 0 Å². The molecule has 0 radical (unpaired) electrons. The first-order valence-electron chi connectivity index (χ1n) is 6.31. The first kappa shape index (κ1) is 19.2. The van der Waals surface area contributed by atoms with Crippen molar-refractivity contribution in [2.45, 2.75) is 59.2 Å². The Bertz CT molecular complexity index is 376. The fraction of sp³-hybridized carbons (Fsp3) is 0.714. The van der Waals surface area contributed by atoms with E-state index in [0.29, 0.717) is 0 Å². The van der Waals surface area contributed by atoms with Gasteiger partial charge in [-0.05, 0) is 0 Å². The summed E-state index contributed by atoms with van der Waals surface area (Å²) in [6, 6.07) is 0. The summed E-state index contributed by atoms with van der Waals surface area (Å²) < 4.78 is 12.1. The Kier molecular flexibility index (Phi) is 6.95. The Morgan fingerprint density at radius 2 is 1.40 bits per heavy atom. The number of esters is 2. The van der Waals surface area contributed by atoms with Crippen LogP contribution in [0.5, 0.6) is 0 Å². The number of carbonyl (C=O) groups is 2. The van der Waals surface area contributed by atoms with Crippen LogP contribution in [0.1, 0.15) is 48.0 Å². The van der Waals surface area contributed by atoms with Gasteiger partial charge in [0.2, 0.25) is 0 Å². The molecule has 5 nitrogen and oxygen atoms in total. The summed E-state index contributed by atoms with van der Waals surface area (Å²) in [7, 11) is 0. The zero-order chi connectivity index (χ0) is 16.1. The quantitative estimate of drug-likeness (QED) is 0.364. The van der Waals surface area contributed by atoms with Crippen molar-refractivity contribution >= 4 is 22.1 Å². The first-order valence-corrected chi connectivity index (χ1v) is 8.01. The monoisotopic (exact) mass is 452 g/mol. The molecule has 0 aliphatic carbocycles. The molecule has 0 aliphatic heterocycles. The molecule has 114 valence electrons. The van der Waals surface area contributed by atoms with Gasteiger partial charge in [-0.1, -0.05) is 0 Å². The van der Waals surface area contributed by atoms with Crippen molar-refractivity contribution in [2.75, 3.05) is 0 Å². The first-order chi connectivity index (χ1) is 8.87. The van der Waals surface area contributed by atoms with Gasteiger partial charge in [-0.3, -0.25) is 0 Å². The molecular formula is C14H22NO4W-. The van der Waals surface area contributed by atoms with Crippen molar-refractivity contribution in [1.29, 1.82) is 0 Å². The molecule has 0 aromatic rings. The molecule has 0 amide bonds. The third kappa shape index (κ3) is 7.68. The van der Waals surface area contributed by atoms with Crippen molar-refractivity contribution < 1.29 is 38.4 Å². The van der Waals surface area contributed by atoms with Crippen molar-refractivity contribution in [2.24, 2.45) is 5.92 Å². The molecule has 0 bridgehead atoms. The second-order valence-corrected chi connectivity index (χ2v) is 7.56. The van der Waals surface area contributed by atoms with Gasteiger partial charge in [0.05, 0.1) is 0 Å². The van der Waals surface area contributed by atoms with Gasteiger partial charge in [0.25, 0.3) is 0 Å². The number of hydrogen-bond acceptors (Lipinski definition) is 4. The van der Waals surface area contributed by atoms with E-state index < -0.39 is 29.1 Å². The number of carbonyl (C=O) groups excluding carboxylic acids is 2. The standard InChI is InChI=1S/C14H22NO4.W/c1-8-9(15)10(11(16)18-13(2,3)4)12(17)19-14(5,6)7;/h1,10H,8H2,2-7H3;/q-1;. The summed E-state index contributed by atoms with van der Waals surface area (Å²) in [5.41, 5.74) is -1.72. The summed E-state index contributed by atoms with van der Waals surface area (Å²) >= 11 is 1.14. The normalized spacial score (nSPS) is 11.9. The van der Waals surface area contributed by atoms with Crippen LogP contribution in [0.25, 0.3) is 5.41 Å². The van der Waals surface area contributed by atoms with Crippen LogP contribution < -0.4 is 0 Å². The molecule has 0 heterocycles. The van der Waals surface area contributed by atoms with Gasteiger partial charge in [-0.2, -0.15) is 0 Å². The van der Waals surface area contributed by atoms with E-state index in [0.717, 1.165) is 19.4 Å². The number of ether oxygens (including phenoxy) is 2. The topological polar surface area (TPSA) is 74.9 Å². The third-order valence-corrected chi connectivity index (χ3v) is 2.51. The van der Waals surface area contributed by atoms with Gasteiger partial charge >= 0.3 is 131 Å². The summed E-state index contributed by atoms with van der Waals surface area (Å²) in [6.45, 7) is 10.2. The van der Waals surface area contributed by atoms with E-state index in [1.807, 2.05) is 0 Å². The van der Waals surface area contributed by atoms with Crippen LogP contribution in [-0.2, 0) is 38.4 Å². The molecular weight excluding hydrogens is 430 g/mol.